The molecule has 6 heteroatoms. The van der Waals surface area contributed by atoms with Crippen LogP contribution in [0.5, 0.6) is 0 Å². The average molecular weight is 306 g/mol. The molecule has 21 heavy (non-hydrogen) atoms. The third-order valence-electron chi connectivity index (χ3n) is 3.36. The number of aromatic nitrogens is 2. The average Bonchev–Trinajstić information content (AvgIpc) is 3.00. The molecular formula is C15H22N4OS. The van der Waals surface area contributed by atoms with Gasteiger partial charge >= 0.3 is 0 Å². The van der Waals surface area contributed by atoms with E-state index in [0.717, 1.165) is 31.9 Å². The van der Waals surface area contributed by atoms with E-state index in [-0.39, 0.29) is 5.56 Å². The first kappa shape index (κ1) is 15.7. The normalized spacial score (nSPS) is 10.8. The topological polar surface area (TPSA) is 50.2 Å². The van der Waals surface area contributed by atoms with E-state index < -0.39 is 0 Å². The molecule has 1 N–H and O–H groups in total. The van der Waals surface area contributed by atoms with E-state index in [0.29, 0.717) is 6.54 Å². The molecule has 0 bridgehead atoms. The van der Waals surface area contributed by atoms with Crippen molar-refractivity contribution >= 4 is 17.0 Å². The lowest BCUT2D eigenvalue weighted by atomic mass is 10.4. The predicted octanol–water partition coefficient (Wildman–Crippen LogP) is 1.94. The fraction of sp³-hybridized carbons (Fsp3) is 0.467. The van der Waals surface area contributed by atoms with Crippen LogP contribution in [0.4, 0.5) is 5.69 Å². The molecule has 0 aliphatic rings. The van der Waals surface area contributed by atoms with E-state index in [1.54, 1.807) is 23.6 Å². The molecular weight excluding hydrogens is 284 g/mol. The largest absolute Gasteiger partial charge is 0.371 e. The van der Waals surface area contributed by atoms with Crippen LogP contribution in [0.1, 0.15) is 18.7 Å². The second kappa shape index (κ2) is 7.95. The summed E-state index contributed by atoms with van der Waals surface area (Å²) in [6, 6.07) is 5.81. The van der Waals surface area contributed by atoms with Gasteiger partial charge in [0.2, 0.25) is 0 Å². The highest BCUT2D eigenvalue weighted by Gasteiger charge is 2.05. The Morgan fingerprint density at radius 3 is 2.81 bits per heavy atom. The number of hydrogen-bond donors (Lipinski definition) is 1. The number of nitrogens with one attached hydrogen (secondary N) is 1. The van der Waals surface area contributed by atoms with Crippen molar-refractivity contribution in [2.24, 2.45) is 0 Å². The van der Waals surface area contributed by atoms with Crippen LogP contribution in [-0.4, -0.2) is 29.4 Å². The maximum Gasteiger partial charge on any atom is 0.268 e. The van der Waals surface area contributed by atoms with Gasteiger partial charge in [0.25, 0.3) is 5.56 Å². The smallest absolute Gasteiger partial charge is 0.268 e. The van der Waals surface area contributed by atoms with E-state index in [1.165, 1.54) is 9.56 Å². The van der Waals surface area contributed by atoms with Crippen molar-refractivity contribution in [2.75, 3.05) is 24.5 Å². The summed E-state index contributed by atoms with van der Waals surface area (Å²) in [5.74, 6) is 0. The zero-order valence-electron chi connectivity index (χ0n) is 12.6. The molecule has 0 aliphatic carbocycles. The van der Waals surface area contributed by atoms with Crippen molar-refractivity contribution < 1.29 is 0 Å². The fourth-order valence-corrected chi connectivity index (χ4v) is 2.84. The van der Waals surface area contributed by atoms with Gasteiger partial charge in [-0.3, -0.25) is 4.79 Å². The molecule has 0 saturated carbocycles. The highest BCUT2D eigenvalue weighted by atomic mass is 32.1. The maximum absolute atomic E-state index is 12.0. The van der Waals surface area contributed by atoms with E-state index in [9.17, 15) is 4.79 Å². The Kier molecular flexibility index (Phi) is 5.95. The lowest BCUT2D eigenvalue weighted by molar-refractivity contribution is 0.532. The molecule has 0 aromatic carbocycles. The molecule has 2 aromatic heterocycles. The first-order valence-electron chi connectivity index (χ1n) is 7.29. The summed E-state index contributed by atoms with van der Waals surface area (Å²) in [5.41, 5.74) is 0.852. The Morgan fingerprint density at radius 2 is 2.19 bits per heavy atom. The molecule has 0 atom stereocenters. The maximum atomic E-state index is 12.0. The minimum Gasteiger partial charge on any atom is -0.371 e. The van der Waals surface area contributed by atoms with Gasteiger partial charge in [-0.1, -0.05) is 6.07 Å². The molecule has 2 heterocycles. The van der Waals surface area contributed by atoms with Crippen LogP contribution in [0, 0.1) is 0 Å². The lowest BCUT2D eigenvalue weighted by Crippen LogP contribution is -2.30. The molecule has 0 fully saturated rings. The summed E-state index contributed by atoms with van der Waals surface area (Å²) in [7, 11) is 0. The van der Waals surface area contributed by atoms with Gasteiger partial charge in [-0.05, 0) is 25.3 Å². The van der Waals surface area contributed by atoms with Crippen LogP contribution in [0.2, 0.25) is 0 Å². The fourth-order valence-electron chi connectivity index (χ4n) is 2.16. The summed E-state index contributed by atoms with van der Waals surface area (Å²) < 4.78 is 1.51. The van der Waals surface area contributed by atoms with Crippen LogP contribution in [0.3, 0.4) is 0 Å². The first-order valence-corrected chi connectivity index (χ1v) is 8.17. The molecule has 0 amide bonds. The predicted molar refractivity (Wildman–Crippen MR) is 88.1 cm³/mol. The number of anilines is 1. The monoisotopic (exact) mass is 306 g/mol. The number of nitrogens with zero attached hydrogens (tertiary/aromatic N) is 3. The summed E-state index contributed by atoms with van der Waals surface area (Å²) in [6.07, 6.45) is 1.77. The molecule has 0 radical (unpaired) electrons. The Balaban J connectivity index is 1.87. The number of thiophene rings is 1. The third kappa shape index (κ3) is 4.41. The Labute approximate surface area is 129 Å². The van der Waals surface area contributed by atoms with Crippen LogP contribution in [0.25, 0.3) is 0 Å². The lowest BCUT2D eigenvalue weighted by Gasteiger charge is -2.20. The van der Waals surface area contributed by atoms with Crippen molar-refractivity contribution in [1.82, 2.24) is 15.1 Å². The van der Waals surface area contributed by atoms with Gasteiger partial charge in [0.15, 0.2) is 0 Å². The minimum absolute atomic E-state index is 0.0441. The van der Waals surface area contributed by atoms with E-state index in [4.69, 9.17) is 0 Å². The van der Waals surface area contributed by atoms with Gasteiger partial charge in [-0.25, -0.2) is 4.68 Å². The van der Waals surface area contributed by atoms with E-state index in [2.05, 4.69) is 40.6 Å². The highest BCUT2D eigenvalue weighted by molar-refractivity contribution is 7.09. The molecule has 114 valence electrons. The molecule has 2 rings (SSSR count). The Morgan fingerprint density at radius 1 is 1.38 bits per heavy atom. The van der Waals surface area contributed by atoms with Crippen molar-refractivity contribution in [2.45, 2.75) is 26.9 Å². The van der Waals surface area contributed by atoms with Crippen LogP contribution < -0.4 is 15.8 Å². The van der Waals surface area contributed by atoms with Crippen molar-refractivity contribution in [3.8, 4) is 0 Å². The van der Waals surface area contributed by atoms with E-state index in [1.807, 2.05) is 6.07 Å². The summed E-state index contributed by atoms with van der Waals surface area (Å²) in [6.45, 7) is 8.06. The minimum atomic E-state index is -0.0441. The van der Waals surface area contributed by atoms with Crippen molar-refractivity contribution in [1.29, 1.82) is 0 Å². The van der Waals surface area contributed by atoms with Gasteiger partial charge in [0.05, 0.1) is 18.4 Å². The summed E-state index contributed by atoms with van der Waals surface area (Å²) in [5, 5.41) is 9.64. The van der Waals surface area contributed by atoms with Gasteiger partial charge < -0.3 is 10.2 Å². The van der Waals surface area contributed by atoms with Gasteiger partial charge in [0, 0.05) is 37.1 Å². The molecule has 0 unspecified atom stereocenters. The molecule has 0 spiro atoms. The zero-order valence-corrected chi connectivity index (χ0v) is 13.4. The SMILES string of the molecule is CCN(CC)c1cnn(CCNCc2cccs2)c(=O)c1. The van der Waals surface area contributed by atoms with Gasteiger partial charge in [0.1, 0.15) is 0 Å². The van der Waals surface area contributed by atoms with Crippen molar-refractivity contribution in [3.63, 3.8) is 0 Å². The summed E-state index contributed by atoms with van der Waals surface area (Å²) >= 11 is 1.73. The van der Waals surface area contributed by atoms with Gasteiger partial charge in [-0.2, -0.15) is 5.10 Å². The second-order valence-corrected chi connectivity index (χ2v) is 5.74. The van der Waals surface area contributed by atoms with Crippen LogP contribution in [0.15, 0.2) is 34.6 Å². The van der Waals surface area contributed by atoms with E-state index >= 15 is 0 Å². The highest BCUT2D eigenvalue weighted by Crippen LogP contribution is 2.08. The Bertz CT molecular complexity index is 590. The first-order chi connectivity index (χ1) is 10.2. The Hall–Kier alpha value is -1.66. The standard InChI is InChI=1S/C15H22N4OS/c1-3-18(4-2)13-10-15(20)19(17-11-13)8-7-16-12-14-6-5-9-21-14/h5-6,9-11,16H,3-4,7-8,12H2,1-2H3. The van der Waals surface area contributed by atoms with Gasteiger partial charge in [-0.15, -0.1) is 11.3 Å². The number of hydrogen-bond acceptors (Lipinski definition) is 5. The molecule has 5 nitrogen and oxygen atoms in total. The van der Waals surface area contributed by atoms with Crippen molar-refractivity contribution in [3.05, 3.63) is 45.0 Å². The molecule has 0 aliphatic heterocycles. The third-order valence-corrected chi connectivity index (χ3v) is 4.24. The van der Waals surface area contributed by atoms with Crippen LogP contribution >= 0.6 is 11.3 Å². The number of rotatable bonds is 8. The molecule has 2 aromatic rings. The zero-order chi connectivity index (χ0) is 15.1. The van der Waals surface area contributed by atoms with Crippen LogP contribution in [-0.2, 0) is 13.1 Å². The molecule has 0 saturated heterocycles. The quantitative estimate of drug-likeness (QED) is 0.757. The summed E-state index contributed by atoms with van der Waals surface area (Å²) in [4.78, 5) is 15.5. The second-order valence-electron chi connectivity index (χ2n) is 4.70.